The van der Waals surface area contributed by atoms with Crippen molar-refractivity contribution in [2.45, 2.75) is 12.7 Å². The van der Waals surface area contributed by atoms with Gasteiger partial charge in [-0.1, -0.05) is 17.4 Å². The lowest BCUT2D eigenvalue weighted by Crippen LogP contribution is -2.17. The van der Waals surface area contributed by atoms with Crippen molar-refractivity contribution in [2.24, 2.45) is 0 Å². The highest BCUT2D eigenvalue weighted by Crippen LogP contribution is 2.37. The number of hydrogen-bond donors (Lipinski definition) is 0. The quantitative estimate of drug-likeness (QED) is 0.317. The lowest BCUT2D eigenvalue weighted by Gasteiger charge is -2.23. The minimum absolute atomic E-state index is 0. The van der Waals surface area contributed by atoms with Crippen LogP contribution in [0.2, 0.25) is 0 Å². The predicted molar refractivity (Wildman–Crippen MR) is 108 cm³/mol. The summed E-state index contributed by atoms with van der Waals surface area (Å²) in [6.45, 7) is -0.0736. The largest absolute Gasteiger partial charge is 0.416 e. The van der Waals surface area contributed by atoms with Gasteiger partial charge in [-0.3, -0.25) is 0 Å². The number of nitrogens with zero attached hydrogens (tertiary/aromatic N) is 3. The summed E-state index contributed by atoms with van der Waals surface area (Å²) in [5.74, 6) is -1.54. The molecule has 0 aliphatic rings. The summed E-state index contributed by atoms with van der Waals surface area (Å²) in [6, 6.07) is 11.1. The minimum Gasteiger partial charge on any atom is -0.313 e. The van der Waals surface area contributed by atoms with Crippen LogP contribution < -0.4 is 4.90 Å². The topological polar surface area (TPSA) is 29.0 Å². The molecule has 0 radical (unpaired) electrons. The average Bonchev–Trinajstić information content (AvgIpc) is 3.08. The van der Waals surface area contributed by atoms with Gasteiger partial charge in [-0.25, -0.2) is 18.7 Å². The average molecular weight is 458 g/mol. The summed E-state index contributed by atoms with van der Waals surface area (Å²) in [5.41, 5.74) is 0.204. The summed E-state index contributed by atoms with van der Waals surface area (Å²) in [4.78, 5) is 10.7. The van der Waals surface area contributed by atoms with Crippen LogP contribution in [0.25, 0.3) is 10.3 Å². The first kappa shape index (κ1) is 21.9. The van der Waals surface area contributed by atoms with Crippen molar-refractivity contribution < 1.29 is 22.0 Å². The maximum absolute atomic E-state index is 13.6. The van der Waals surface area contributed by atoms with Gasteiger partial charge in [-0.15, -0.1) is 12.4 Å². The van der Waals surface area contributed by atoms with Crippen molar-refractivity contribution in [3.05, 3.63) is 83.6 Å². The molecule has 0 unspecified atom stereocenters. The normalized spacial score (nSPS) is 11.4. The first-order chi connectivity index (χ1) is 13.8. The number of thiazole rings is 1. The van der Waals surface area contributed by atoms with Crippen molar-refractivity contribution in [2.75, 3.05) is 4.90 Å². The van der Waals surface area contributed by atoms with Crippen molar-refractivity contribution in [1.82, 2.24) is 9.97 Å². The summed E-state index contributed by atoms with van der Waals surface area (Å²) >= 11 is 1.18. The molecule has 0 amide bonds. The van der Waals surface area contributed by atoms with E-state index in [9.17, 15) is 22.0 Å². The molecular formula is C20H13ClF5N3S. The molecule has 0 aliphatic heterocycles. The van der Waals surface area contributed by atoms with Crippen molar-refractivity contribution in [3.8, 4) is 0 Å². The molecule has 0 fully saturated rings. The number of hydrogen-bond acceptors (Lipinski definition) is 4. The minimum atomic E-state index is -4.53. The summed E-state index contributed by atoms with van der Waals surface area (Å²) in [5, 5.41) is 0.364. The Kier molecular flexibility index (Phi) is 6.23. The van der Waals surface area contributed by atoms with E-state index in [1.54, 1.807) is 18.3 Å². The third-order valence-electron chi connectivity index (χ3n) is 4.13. The van der Waals surface area contributed by atoms with E-state index < -0.39 is 23.4 Å². The highest BCUT2D eigenvalue weighted by atomic mass is 35.5. The fraction of sp³-hybridized carbons (Fsp3) is 0.100. The Bertz CT molecular complexity index is 1130. The Labute approximate surface area is 178 Å². The van der Waals surface area contributed by atoms with Crippen LogP contribution in [0.3, 0.4) is 0 Å². The maximum Gasteiger partial charge on any atom is 0.416 e. The molecule has 2 aromatic heterocycles. The summed E-state index contributed by atoms with van der Waals surface area (Å²) in [6.07, 6.45) is -2.94. The van der Waals surface area contributed by atoms with Gasteiger partial charge in [-0.2, -0.15) is 13.2 Å². The standard InChI is InChI=1S/C20H12F5N3S.ClH/c21-14-7-12(8-15(22)10-14)11-28(16-4-1-3-13(9-16)20(23,24)25)19-27-17-5-2-6-26-18(17)29-19;/h1-10H,11H2;1H. The zero-order valence-corrected chi connectivity index (χ0v) is 16.7. The highest BCUT2D eigenvalue weighted by Gasteiger charge is 2.31. The lowest BCUT2D eigenvalue weighted by atomic mass is 10.1. The van der Waals surface area contributed by atoms with Crippen molar-refractivity contribution in [1.29, 1.82) is 0 Å². The van der Waals surface area contributed by atoms with Gasteiger partial charge in [0.1, 0.15) is 22.0 Å². The Morgan fingerprint density at radius 3 is 2.33 bits per heavy atom. The lowest BCUT2D eigenvalue weighted by molar-refractivity contribution is -0.137. The van der Waals surface area contributed by atoms with Gasteiger partial charge in [0, 0.05) is 18.0 Å². The third kappa shape index (κ3) is 4.68. The molecule has 0 spiro atoms. The molecule has 3 nitrogen and oxygen atoms in total. The number of benzene rings is 2. The number of aromatic nitrogens is 2. The van der Waals surface area contributed by atoms with Gasteiger partial charge in [-0.05, 0) is 48.0 Å². The smallest absolute Gasteiger partial charge is 0.313 e. The van der Waals surface area contributed by atoms with E-state index in [1.165, 1.54) is 28.4 Å². The second kappa shape index (κ2) is 8.53. The molecule has 156 valence electrons. The van der Waals surface area contributed by atoms with E-state index in [-0.39, 0.29) is 30.2 Å². The predicted octanol–water partition coefficient (Wildman–Crippen LogP) is 6.75. The van der Waals surface area contributed by atoms with Crippen LogP contribution in [0.4, 0.5) is 32.8 Å². The van der Waals surface area contributed by atoms with Gasteiger partial charge in [0.25, 0.3) is 0 Å². The zero-order valence-electron chi connectivity index (χ0n) is 15.0. The van der Waals surface area contributed by atoms with Crippen LogP contribution in [-0.2, 0) is 12.7 Å². The number of pyridine rings is 1. The molecule has 2 heterocycles. The Morgan fingerprint density at radius 2 is 1.67 bits per heavy atom. The highest BCUT2D eigenvalue weighted by molar-refractivity contribution is 7.21. The number of fused-ring (bicyclic) bond motifs is 1. The van der Waals surface area contributed by atoms with E-state index in [2.05, 4.69) is 9.97 Å². The van der Waals surface area contributed by atoms with Crippen LogP contribution in [-0.4, -0.2) is 9.97 Å². The SMILES string of the molecule is Cl.Fc1cc(F)cc(CN(c2cccc(C(F)(F)F)c2)c2nc3cccnc3s2)c1. The van der Waals surface area contributed by atoms with E-state index >= 15 is 0 Å². The van der Waals surface area contributed by atoms with Gasteiger partial charge in [0.2, 0.25) is 0 Å². The molecule has 0 atom stereocenters. The fourth-order valence-corrected chi connectivity index (χ4v) is 3.81. The first-order valence-corrected chi connectivity index (χ1v) is 9.22. The van der Waals surface area contributed by atoms with Crippen LogP contribution in [0.15, 0.2) is 60.8 Å². The summed E-state index contributed by atoms with van der Waals surface area (Å²) in [7, 11) is 0. The molecule has 0 saturated heterocycles. The zero-order chi connectivity index (χ0) is 20.6. The second-order valence-electron chi connectivity index (χ2n) is 6.24. The van der Waals surface area contributed by atoms with Gasteiger partial charge >= 0.3 is 6.18 Å². The fourth-order valence-electron chi connectivity index (χ4n) is 2.88. The molecule has 0 bridgehead atoms. The Balaban J connectivity index is 0.00000256. The van der Waals surface area contributed by atoms with Gasteiger partial charge in [0.15, 0.2) is 5.13 Å². The van der Waals surface area contributed by atoms with Crippen LogP contribution in [0, 0.1) is 11.6 Å². The van der Waals surface area contributed by atoms with E-state index in [1.807, 2.05) is 0 Å². The molecule has 10 heteroatoms. The third-order valence-corrected chi connectivity index (χ3v) is 5.14. The molecule has 0 N–H and O–H groups in total. The molecule has 2 aromatic carbocycles. The maximum atomic E-state index is 13.6. The van der Waals surface area contributed by atoms with Crippen molar-refractivity contribution >= 4 is 44.9 Å². The van der Waals surface area contributed by atoms with E-state index in [4.69, 9.17) is 0 Å². The Morgan fingerprint density at radius 1 is 0.933 bits per heavy atom. The van der Waals surface area contributed by atoms with E-state index in [0.717, 1.165) is 30.3 Å². The molecule has 30 heavy (non-hydrogen) atoms. The number of rotatable bonds is 4. The first-order valence-electron chi connectivity index (χ1n) is 8.41. The van der Waals surface area contributed by atoms with Gasteiger partial charge < -0.3 is 4.90 Å². The molecule has 0 saturated carbocycles. The van der Waals surface area contributed by atoms with Crippen molar-refractivity contribution in [3.63, 3.8) is 0 Å². The Hall–Kier alpha value is -2.78. The molecule has 4 aromatic rings. The van der Waals surface area contributed by atoms with Crippen LogP contribution >= 0.6 is 23.7 Å². The second-order valence-corrected chi connectivity index (χ2v) is 7.19. The number of halogens is 6. The number of anilines is 2. The van der Waals surface area contributed by atoms with Crippen LogP contribution in [0.1, 0.15) is 11.1 Å². The molecule has 4 rings (SSSR count). The van der Waals surface area contributed by atoms with Crippen LogP contribution in [0.5, 0.6) is 0 Å². The summed E-state index contributed by atoms with van der Waals surface area (Å²) < 4.78 is 66.9. The van der Waals surface area contributed by atoms with Gasteiger partial charge in [0.05, 0.1) is 12.1 Å². The number of alkyl halides is 3. The monoisotopic (exact) mass is 457 g/mol. The molecule has 0 aliphatic carbocycles. The van der Waals surface area contributed by atoms with E-state index in [0.29, 0.717) is 15.5 Å². The molecular weight excluding hydrogens is 445 g/mol.